The van der Waals surface area contributed by atoms with E-state index in [0.717, 1.165) is 50.0 Å². The monoisotopic (exact) mass is 512 g/mol. The molecule has 0 spiro atoms. The Labute approximate surface area is 206 Å². The number of aryl methyl sites for hydroxylation is 2. The minimum atomic E-state index is -4.32. The molecule has 0 atom stereocenters. The Morgan fingerprint density at radius 3 is 2.36 bits per heavy atom. The average molecular weight is 513 g/mol. The topological polar surface area (TPSA) is 17.0 Å². The van der Waals surface area contributed by atoms with E-state index in [-0.39, 0.29) is 11.1 Å². The number of halogens is 5. The molecule has 3 aromatic carbocycles. The van der Waals surface area contributed by atoms with E-state index in [1.54, 1.807) is 6.07 Å². The number of benzene rings is 3. The number of hydrogen-bond donors (Lipinski definition) is 0. The van der Waals surface area contributed by atoms with Crippen molar-refractivity contribution in [3.05, 3.63) is 77.0 Å². The van der Waals surface area contributed by atoms with E-state index in [0.29, 0.717) is 21.1 Å². The summed E-state index contributed by atoms with van der Waals surface area (Å²) < 4.78 is 77.4. The van der Waals surface area contributed by atoms with Gasteiger partial charge in [0, 0.05) is 38.4 Å². The molecule has 2 nitrogen and oxygen atoms in total. The van der Waals surface area contributed by atoms with Gasteiger partial charge in [-0.3, -0.25) is 0 Å². The van der Waals surface area contributed by atoms with Crippen LogP contribution in [-0.4, -0.2) is 6.18 Å². The first-order valence-electron chi connectivity index (χ1n) is 11.2. The Balaban J connectivity index is 1.74. The molecule has 0 saturated carbocycles. The molecular formula is C28H19F5NOS+. The summed E-state index contributed by atoms with van der Waals surface area (Å²) in [7, 11) is 1.87. The summed E-state index contributed by atoms with van der Waals surface area (Å²) >= 11 is 1.32. The van der Waals surface area contributed by atoms with Gasteiger partial charge in [-0.1, -0.05) is 18.2 Å². The number of fused-ring (bicyclic) bond motifs is 6. The van der Waals surface area contributed by atoms with Gasteiger partial charge in [-0.05, 0) is 42.7 Å². The van der Waals surface area contributed by atoms with Crippen molar-refractivity contribution in [2.24, 2.45) is 7.05 Å². The van der Waals surface area contributed by atoms with Crippen LogP contribution in [0.4, 0.5) is 22.0 Å². The summed E-state index contributed by atoms with van der Waals surface area (Å²) in [6, 6.07) is 11.0. The molecule has 36 heavy (non-hydrogen) atoms. The lowest BCUT2D eigenvalue weighted by Crippen LogP contribution is -2.30. The minimum absolute atomic E-state index is 0.230. The standard InChI is InChI=1S/C28H19F5NOS/c1-13-9-19-18-10-20(29)21(30)11-22(18)35-25(19)23(14(13)2)24-27-17(7-8-34(24)3)16-6-4-5-15(26(16)36-27)12-28(31,32)33/h4-11H,12H2,1-3H3/q+1. The first-order chi connectivity index (χ1) is 17.0. The SMILES string of the molecule is Cc1cc2c(oc3cc(F)c(F)cc32)c(-c2c3sc4c(CC(F)(F)F)cccc4c3cc[n+]2C)c1C. The zero-order valence-corrected chi connectivity index (χ0v) is 20.3. The largest absolute Gasteiger partial charge is 0.455 e. The average Bonchev–Trinajstić information content (AvgIpc) is 3.34. The summed E-state index contributed by atoms with van der Waals surface area (Å²) in [5.41, 5.74) is 4.31. The van der Waals surface area contributed by atoms with Crippen LogP contribution in [0.2, 0.25) is 0 Å². The second kappa shape index (κ2) is 7.74. The number of alkyl halides is 3. The van der Waals surface area contributed by atoms with Crippen LogP contribution >= 0.6 is 11.3 Å². The molecule has 6 aromatic rings. The van der Waals surface area contributed by atoms with Crippen LogP contribution in [0.3, 0.4) is 0 Å². The lowest BCUT2D eigenvalue weighted by molar-refractivity contribution is -0.659. The normalized spacial score (nSPS) is 12.6. The van der Waals surface area contributed by atoms with E-state index in [1.807, 2.05) is 49.9 Å². The van der Waals surface area contributed by atoms with Gasteiger partial charge in [0.25, 0.3) is 0 Å². The van der Waals surface area contributed by atoms with Gasteiger partial charge < -0.3 is 4.42 Å². The molecule has 0 aliphatic rings. The lowest BCUT2D eigenvalue weighted by Gasteiger charge is -2.09. The molecule has 0 saturated heterocycles. The number of hydrogen-bond acceptors (Lipinski definition) is 2. The van der Waals surface area contributed by atoms with E-state index in [1.165, 1.54) is 17.4 Å². The summed E-state index contributed by atoms with van der Waals surface area (Å²) in [6.07, 6.45) is -3.46. The second-order valence-electron chi connectivity index (χ2n) is 9.14. The number of pyridine rings is 1. The van der Waals surface area contributed by atoms with Crippen LogP contribution in [0.25, 0.3) is 53.4 Å². The van der Waals surface area contributed by atoms with Crippen LogP contribution in [0, 0.1) is 25.5 Å². The Kier molecular flexibility index (Phi) is 4.92. The van der Waals surface area contributed by atoms with Crippen molar-refractivity contribution in [1.82, 2.24) is 0 Å². The van der Waals surface area contributed by atoms with Crippen molar-refractivity contribution < 1.29 is 30.9 Å². The van der Waals surface area contributed by atoms with Crippen LogP contribution in [-0.2, 0) is 13.5 Å². The molecule has 6 rings (SSSR count). The zero-order chi connectivity index (χ0) is 25.5. The molecule has 0 fully saturated rings. The zero-order valence-electron chi connectivity index (χ0n) is 19.5. The molecule has 0 N–H and O–H groups in total. The molecule has 8 heteroatoms. The van der Waals surface area contributed by atoms with Crippen LogP contribution in [0.5, 0.6) is 0 Å². The van der Waals surface area contributed by atoms with Crippen molar-refractivity contribution in [3.8, 4) is 11.3 Å². The smallest absolute Gasteiger partial charge is 0.393 e. The maximum atomic E-state index is 14.1. The van der Waals surface area contributed by atoms with E-state index in [9.17, 15) is 22.0 Å². The van der Waals surface area contributed by atoms with Crippen LogP contribution < -0.4 is 4.57 Å². The predicted molar refractivity (Wildman–Crippen MR) is 132 cm³/mol. The van der Waals surface area contributed by atoms with E-state index in [4.69, 9.17) is 4.42 Å². The van der Waals surface area contributed by atoms with Crippen molar-refractivity contribution in [3.63, 3.8) is 0 Å². The highest BCUT2D eigenvalue weighted by atomic mass is 32.1. The number of thiophene rings is 1. The summed E-state index contributed by atoms with van der Waals surface area (Å²) in [5, 5.41) is 2.72. The highest BCUT2D eigenvalue weighted by molar-refractivity contribution is 7.26. The molecule has 3 aromatic heterocycles. The van der Waals surface area contributed by atoms with Crippen molar-refractivity contribution in [2.45, 2.75) is 26.4 Å². The lowest BCUT2D eigenvalue weighted by atomic mass is 9.95. The molecule has 182 valence electrons. The van der Waals surface area contributed by atoms with E-state index >= 15 is 0 Å². The highest BCUT2D eigenvalue weighted by Gasteiger charge is 2.31. The van der Waals surface area contributed by atoms with Crippen molar-refractivity contribution >= 4 is 53.4 Å². The minimum Gasteiger partial charge on any atom is -0.455 e. The van der Waals surface area contributed by atoms with Gasteiger partial charge in [0.05, 0.1) is 12.0 Å². The Morgan fingerprint density at radius 1 is 0.889 bits per heavy atom. The predicted octanol–water partition coefficient (Wildman–Crippen LogP) is 8.45. The number of rotatable bonds is 2. The quantitative estimate of drug-likeness (QED) is 0.168. The van der Waals surface area contributed by atoms with Gasteiger partial charge in [-0.25, -0.2) is 8.78 Å². The fourth-order valence-electron chi connectivity index (χ4n) is 5.02. The molecule has 3 heterocycles. The maximum absolute atomic E-state index is 14.1. The van der Waals surface area contributed by atoms with Gasteiger partial charge in [0.15, 0.2) is 17.8 Å². The van der Waals surface area contributed by atoms with Crippen LogP contribution in [0.1, 0.15) is 16.7 Å². The molecule has 0 unspecified atom stereocenters. The number of nitrogens with zero attached hydrogens (tertiary/aromatic N) is 1. The first-order valence-corrected chi connectivity index (χ1v) is 12.1. The summed E-state index contributed by atoms with van der Waals surface area (Å²) in [5.74, 6) is -1.95. The first kappa shape index (κ1) is 22.9. The van der Waals surface area contributed by atoms with E-state index < -0.39 is 24.2 Å². The van der Waals surface area contributed by atoms with Crippen LogP contribution in [0.15, 0.2) is 53.1 Å². The third kappa shape index (κ3) is 3.38. The van der Waals surface area contributed by atoms with Gasteiger partial charge in [-0.15, -0.1) is 11.3 Å². The summed E-state index contributed by atoms with van der Waals surface area (Å²) in [4.78, 5) is 0. The molecule has 0 aliphatic heterocycles. The van der Waals surface area contributed by atoms with Gasteiger partial charge in [-0.2, -0.15) is 17.7 Å². The Morgan fingerprint density at radius 2 is 1.61 bits per heavy atom. The molecule has 0 bridgehead atoms. The summed E-state index contributed by atoms with van der Waals surface area (Å²) in [6.45, 7) is 3.88. The Bertz CT molecular complexity index is 1860. The fourth-order valence-corrected chi connectivity index (χ4v) is 6.42. The van der Waals surface area contributed by atoms with Crippen molar-refractivity contribution in [1.29, 1.82) is 0 Å². The molecular weight excluding hydrogens is 493 g/mol. The number of furan rings is 1. The third-order valence-corrected chi connectivity index (χ3v) is 8.12. The van der Waals surface area contributed by atoms with Gasteiger partial charge >= 0.3 is 6.18 Å². The van der Waals surface area contributed by atoms with Gasteiger partial charge in [0.2, 0.25) is 5.69 Å². The van der Waals surface area contributed by atoms with E-state index in [2.05, 4.69) is 0 Å². The molecule has 0 aliphatic carbocycles. The Hall–Kier alpha value is -3.52. The second-order valence-corrected chi connectivity index (χ2v) is 10.2. The maximum Gasteiger partial charge on any atom is 0.393 e. The molecule has 0 radical (unpaired) electrons. The van der Waals surface area contributed by atoms with Crippen molar-refractivity contribution in [2.75, 3.05) is 0 Å². The number of aromatic nitrogens is 1. The highest BCUT2D eigenvalue weighted by Crippen LogP contribution is 2.45. The van der Waals surface area contributed by atoms with Gasteiger partial charge in [0.1, 0.15) is 22.9 Å². The fraction of sp³-hybridized carbons (Fsp3) is 0.179. The third-order valence-electron chi connectivity index (χ3n) is 6.82. The molecule has 0 amide bonds.